The third-order valence-corrected chi connectivity index (χ3v) is 4.47. The number of aromatic nitrogens is 2. The van der Waals surface area contributed by atoms with Crippen molar-refractivity contribution < 1.29 is 13.2 Å². The van der Waals surface area contributed by atoms with E-state index >= 15 is 0 Å². The fourth-order valence-corrected chi connectivity index (χ4v) is 3.01. The Balaban J connectivity index is 2.18. The zero-order valence-electron chi connectivity index (χ0n) is 11.6. The van der Waals surface area contributed by atoms with Gasteiger partial charge in [-0.05, 0) is 31.2 Å². The molecule has 0 spiro atoms. The van der Waals surface area contributed by atoms with E-state index in [4.69, 9.17) is 0 Å². The average Bonchev–Trinajstić information content (AvgIpc) is 3.00. The molecule has 1 amide bonds. The van der Waals surface area contributed by atoms with Crippen LogP contribution in [0.25, 0.3) is 0 Å². The van der Waals surface area contributed by atoms with Crippen LogP contribution in [0.1, 0.15) is 29.1 Å². The smallest absolute Gasteiger partial charge is 0.251 e. The molecule has 1 atom stereocenters. The molecule has 21 heavy (non-hydrogen) atoms. The van der Waals surface area contributed by atoms with E-state index in [1.54, 1.807) is 19.3 Å². The molecule has 0 radical (unpaired) electrons. The molecular weight excluding hydrogens is 292 g/mol. The predicted molar refractivity (Wildman–Crippen MR) is 77.2 cm³/mol. The highest BCUT2D eigenvalue weighted by Crippen LogP contribution is 2.15. The molecule has 0 aliphatic heterocycles. The van der Waals surface area contributed by atoms with Crippen molar-refractivity contribution in [1.82, 2.24) is 20.0 Å². The molecule has 0 aliphatic rings. The van der Waals surface area contributed by atoms with Crippen molar-refractivity contribution in [2.45, 2.75) is 17.9 Å². The number of aromatic amines is 1. The van der Waals surface area contributed by atoms with Gasteiger partial charge in [0.2, 0.25) is 10.0 Å². The maximum Gasteiger partial charge on any atom is 0.251 e. The average molecular weight is 308 g/mol. The second kappa shape index (κ2) is 6.06. The van der Waals surface area contributed by atoms with E-state index in [1.807, 2.05) is 0 Å². The molecule has 2 rings (SSSR count). The fourth-order valence-electron chi connectivity index (χ4n) is 1.80. The van der Waals surface area contributed by atoms with Gasteiger partial charge in [0.25, 0.3) is 5.91 Å². The molecule has 0 bridgehead atoms. The van der Waals surface area contributed by atoms with Crippen LogP contribution >= 0.6 is 0 Å². The first-order chi connectivity index (χ1) is 9.94. The van der Waals surface area contributed by atoms with Crippen molar-refractivity contribution in [2.75, 3.05) is 7.05 Å². The first kappa shape index (κ1) is 15.2. The summed E-state index contributed by atoms with van der Waals surface area (Å²) in [6, 6.07) is 5.23. The highest BCUT2D eigenvalue weighted by molar-refractivity contribution is 7.89. The molecule has 2 aromatic rings. The van der Waals surface area contributed by atoms with Crippen LogP contribution in [0.2, 0.25) is 0 Å². The van der Waals surface area contributed by atoms with Gasteiger partial charge in [-0.25, -0.2) is 18.1 Å². The maximum atomic E-state index is 12.2. The minimum Gasteiger partial charge on any atom is -0.355 e. The van der Waals surface area contributed by atoms with Crippen molar-refractivity contribution in [1.29, 1.82) is 0 Å². The van der Waals surface area contributed by atoms with Gasteiger partial charge in [0, 0.05) is 25.0 Å². The lowest BCUT2D eigenvalue weighted by Gasteiger charge is -2.12. The highest BCUT2D eigenvalue weighted by Gasteiger charge is 2.19. The Morgan fingerprint density at radius 1 is 1.29 bits per heavy atom. The molecule has 0 aliphatic carbocycles. The standard InChI is InChI=1S/C13H16N4O3S/c1-9(12-15-7-8-16-12)17-21(19,20)11-5-3-10(4-6-11)13(18)14-2/h3-9,17H,1-2H3,(H,14,18)(H,15,16). The maximum absolute atomic E-state index is 12.2. The van der Waals surface area contributed by atoms with Gasteiger partial charge in [-0.3, -0.25) is 4.79 Å². The summed E-state index contributed by atoms with van der Waals surface area (Å²) < 4.78 is 27.0. The molecule has 1 unspecified atom stereocenters. The Bertz CT molecular complexity index is 708. The van der Waals surface area contributed by atoms with E-state index in [2.05, 4.69) is 20.0 Å². The normalized spacial score (nSPS) is 12.9. The van der Waals surface area contributed by atoms with E-state index in [1.165, 1.54) is 31.3 Å². The number of hydrogen-bond acceptors (Lipinski definition) is 4. The lowest BCUT2D eigenvalue weighted by molar-refractivity contribution is 0.0963. The number of carbonyl (C=O) groups excluding carboxylic acids is 1. The molecule has 3 N–H and O–H groups in total. The summed E-state index contributed by atoms with van der Waals surface area (Å²) in [6.07, 6.45) is 3.18. The highest BCUT2D eigenvalue weighted by atomic mass is 32.2. The van der Waals surface area contributed by atoms with E-state index in [9.17, 15) is 13.2 Å². The van der Waals surface area contributed by atoms with Crippen LogP contribution in [-0.4, -0.2) is 31.3 Å². The third kappa shape index (κ3) is 3.47. The lowest BCUT2D eigenvalue weighted by Crippen LogP contribution is -2.27. The van der Waals surface area contributed by atoms with Gasteiger partial charge in [0.15, 0.2) is 0 Å². The molecule has 7 nitrogen and oxygen atoms in total. The Kier molecular flexibility index (Phi) is 4.39. The lowest BCUT2D eigenvalue weighted by atomic mass is 10.2. The minimum atomic E-state index is -3.68. The van der Waals surface area contributed by atoms with Crippen LogP contribution in [0, 0.1) is 0 Å². The van der Waals surface area contributed by atoms with Gasteiger partial charge in [-0.15, -0.1) is 0 Å². The first-order valence-electron chi connectivity index (χ1n) is 6.28. The van der Waals surface area contributed by atoms with Crippen LogP contribution in [0.3, 0.4) is 0 Å². The number of hydrogen-bond donors (Lipinski definition) is 3. The summed E-state index contributed by atoms with van der Waals surface area (Å²) >= 11 is 0. The van der Waals surface area contributed by atoms with Gasteiger partial charge < -0.3 is 10.3 Å². The third-order valence-electron chi connectivity index (χ3n) is 2.92. The molecule has 1 aromatic heterocycles. The van der Waals surface area contributed by atoms with Gasteiger partial charge >= 0.3 is 0 Å². The van der Waals surface area contributed by atoms with E-state index < -0.39 is 16.1 Å². The van der Waals surface area contributed by atoms with Crippen LogP contribution in [0.15, 0.2) is 41.6 Å². The monoisotopic (exact) mass is 308 g/mol. The summed E-state index contributed by atoms with van der Waals surface area (Å²) in [5.41, 5.74) is 0.399. The number of rotatable bonds is 5. The van der Waals surface area contributed by atoms with Gasteiger partial charge in [0.05, 0.1) is 10.9 Å². The van der Waals surface area contributed by atoms with Crippen molar-refractivity contribution in [3.8, 4) is 0 Å². The minimum absolute atomic E-state index is 0.0913. The number of amides is 1. The molecular formula is C13H16N4O3S. The van der Waals surface area contributed by atoms with Crippen molar-refractivity contribution in [3.05, 3.63) is 48.0 Å². The van der Waals surface area contributed by atoms with Crippen LogP contribution in [0.4, 0.5) is 0 Å². The molecule has 0 fully saturated rings. The number of H-pyrrole nitrogens is 1. The second-order valence-electron chi connectivity index (χ2n) is 4.42. The Morgan fingerprint density at radius 2 is 1.95 bits per heavy atom. The molecule has 1 heterocycles. The summed E-state index contributed by atoms with van der Waals surface area (Å²) in [5.74, 6) is 0.261. The number of nitrogens with one attached hydrogen (secondary N) is 3. The largest absolute Gasteiger partial charge is 0.355 e. The van der Waals surface area contributed by atoms with E-state index in [-0.39, 0.29) is 10.8 Å². The summed E-state index contributed by atoms with van der Waals surface area (Å²) in [6.45, 7) is 1.69. The predicted octanol–water partition coefficient (Wildman–Crippen LogP) is 0.809. The van der Waals surface area contributed by atoms with Crippen molar-refractivity contribution >= 4 is 15.9 Å². The van der Waals surface area contributed by atoms with Gasteiger partial charge in [-0.1, -0.05) is 0 Å². The summed E-state index contributed by atoms with van der Waals surface area (Å²) in [7, 11) is -2.16. The molecule has 112 valence electrons. The SMILES string of the molecule is CNC(=O)c1ccc(S(=O)(=O)NC(C)c2ncc[nH]2)cc1. The Hall–Kier alpha value is -2.19. The number of nitrogens with zero attached hydrogens (tertiary/aromatic N) is 1. The van der Waals surface area contributed by atoms with Crippen LogP contribution < -0.4 is 10.0 Å². The van der Waals surface area contributed by atoms with Gasteiger partial charge in [-0.2, -0.15) is 0 Å². The van der Waals surface area contributed by atoms with E-state index in [0.29, 0.717) is 11.4 Å². The first-order valence-corrected chi connectivity index (χ1v) is 7.76. The van der Waals surface area contributed by atoms with Crippen LogP contribution in [0.5, 0.6) is 0 Å². The zero-order chi connectivity index (χ0) is 15.5. The number of benzene rings is 1. The van der Waals surface area contributed by atoms with Crippen molar-refractivity contribution in [2.24, 2.45) is 0 Å². The molecule has 8 heteroatoms. The Morgan fingerprint density at radius 3 is 2.48 bits per heavy atom. The molecule has 1 aromatic carbocycles. The molecule has 0 saturated heterocycles. The number of imidazole rings is 1. The fraction of sp³-hybridized carbons (Fsp3) is 0.231. The van der Waals surface area contributed by atoms with E-state index in [0.717, 1.165) is 0 Å². The Labute approximate surface area is 122 Å². The van der Waals surface area contributed by atoms with Crippen LogP contribution in [-0.2, 0) is 10.0 Å². The zero-order valence-corrected chi connectivity index (χ0v) is 12.4. The topological polar surface area (TPSA) is 104 Å². The number of sulfonamides is 1. The summed E-state index contributed by atoms with van der Waals surface area (Å²) in [5, 5.41) is 2.47. The second-order valence-corrected chi connectivity index (χ2v) is 6.13. The van der Waals surface area contributed by atoms with Crippen molar-refractivity contribution in [3.63, 3.8) is 0 Å². The number of carbonyl (C=O) groups is 1. The quantitative estimate of drug-likeness (QED) is 0.760. The molecule has 0 saturated carbocycles. The van der Waals surface area contributed by atoms with Gasteiger partial charge in [0.1, 0.15) is 5.82 Å². The summed E-state index contributed by atoms with van der Waals surface area (Å²) in [4.78, 5) is 18.4.